The highest BCUT2D eigenvalue weighted by Crippen LogP contribution is 2.09. The molecule has 0 aromatic rings. The Kier molecular flexibility index (Phi) is 5.40. The molecule has 0 aromatic heterocycles. The second-order valence-electron chi connectivity index (χ2n) is 3.63. The van der Waals surface area contributed by atoms with Gasteiger partial charge in [0.25, 0.3) is 0 Å². The van der Waals surface area contributed by atoms with E-state index in [1.165, 1.54) is 12.8 Å². The standard InChI is InChI=1S/C10H21N3O/c1-14-9-8-13-6-2-10(3-7-13)12-5-4-11/h4-5,10,12H,2-3,6-9,11H2,1H3/b5-4-. The van der Waals surface area contributed by atoms with Gasteiger partial charge in [0.15, 0.2) is 0 Å². The number of nitrogens with one attached hydrogen (secondary N) is 1. The third kappa shape index (κ3) is 3.98. The van der Waals surface area contributed by atoms with E-state index in [1.54, 1.807) is 13.3 Å². The summed E-state index contributed by atoms with van der Waals surface area (Å²) < 4.78 is 5.05. The summed E-state index contributed by atoms with van der Waals surface area (Å²) >= 11 is 0. The fourth-order valence-corrected chi connectivity index (χ4v) is 1.74. The topological polar surface area (TPSA) is 50.5 Å². The Morgan fingerprint density at radius 1 is 1.50 bits per heavy atom. The van der Waals surface area contributed by atoms with Crippen molar-refractivity contribution in [3.63, 3.8) is 0 Å². The number of hydrogen-bond acceptors (Lipinski definition) is 4. The van der Waals surface area contributed by atoms with Crippen LogP contribution in [0.4, 0.5) is 0 Å². The van der Waals surface area contributed by atoms with Crippen LogP contribution in [0.25, 0.3) is 0 Å². The molecule has 0 bridgehead atoms. The van der Waals surface area contributed by atoms with E-state index in [4.69, 9.17) is 10.5 Å². The van der Waals surface area contributed by atoms with Crippen LogP contribution in [0, 0.1) is 0 Å². The Balaban J connectivity index is 2.11. The summed E-state index contributed by atoms with van der Waals surface area (Å²) in [6.07, 6.45) is 5.76. The van der Waals surface area contributed by atoms with Crippen molar-refractivity contribution in [2.75, 3.05) is 33.4 Å². The van der Waals surface area contributed by atoms with E-state index in [0.717, 1.165) is 26.2 Å². The van der Waals surface area contributed by atoms with Crippen LogP contribution in [-0.4, -0.2) is 44.3 Å². The van der Waals surface area contributed by atoms with Crippen molar-refractivity contribution < 1.29 is 4.74 Å². The maximum absolute atomic E-state index is 5.27. The van der Waals surface area contributed by atoms with Gasteiger partial charge in [0.2, 0.25) is 0 Å². The van der Waals surface area contributed by atoms with Gasteiger partial charge in [-0.2, -0.15) is 0 Å². The zero-order chi connectivity index (χ0) is 10.2. The van der Waals surface area contributed by atoms with Crippen molar-refractivity contribution in [3.8, 4) is 0 Å². The molecule has 0 atom stereocenters. The first kappa shape index (κ1) is 11.3. The lowest BCUT2D eigenvalue weighted by atomic mass is 10.1. The van der Waals surface area contributed by atoms with Crippen molar-refractivity contribution in [1.82, 2.24) is 10.2 Å². The molecule has 0 unspecified atom stereocenters. The number of nitrogens with two attached hydrogens (primary N) is 1. The molecule has 1 heterocycles. The van der Waals surface area contributed by atoms with Gasteiger partial charge in [-0.1, -0.05) is 0 Å². The van der Waals surface area contributed by atoms with Gasteiger partial charge in [0.1, 0.15) is 0 Å². The van der Waals surface area contributed by atoms with Crippen molar-refractivity contribution in [3.05, 3.63) is 12.4 Å². The van der Waals surface area contributed by atoms with Gasteiger partial charge in [-0.15, -0.1) is 0 Å². The van der Waals surface area contributed by atoms with Crippen molar-refractivity contribution in [2.24, 2.45) is 5.73 Å². The summed E-state index contributed by atoms with van der Waals surface area (Å²) in [5, 5.41) is 3.28. The third-order valence-corrected chi connectivity index (χ3v) is 2.63. The van der Waals surface area contributed by atoms with Gasteiger partial charge in [-0.05, 0) is 12.8 Å². The smallest absolute Gasteiger partial charge is 0.0589 e. The Hall–Kier alpha value is -0.740. The maximum Gasteiger partial charge on any atom is 0.0589 e. The van der Waals surface area contributed by atoms with Gasteiger partial charge in [0, 0.05) is 45.2 Å². The maximum atomic E-state index is 5.27. The van der Waals surface area contributed by atoms with Crippen molar-refractivity contribution in [2.45, 2.75) is 18.9 Å². The molecule has 0 aliphatic carbocycles. The van der Waals surface area contributed by atoms with Crippen LogP contribution in [0.15, 0.2) is 12.4 Å². The van der Waals surface area contributed by atoms with Gasteiger partial charge < -0.3 is 20.7 Å². The molecule has 1 saturated heterocycles. The van der Waals surface area contributed by atoms with E-state index in [0.29, 0.717) is 6.04 Å². The average molecular weight is 199 g/mol. The second kappa shape index (κ2) is 6.68. The molecule has 0 saturated carbocycles. The lowest BCUT2D eigenvalue weighted by molar-refractivity contribution is 0.128. The Bertz CT molecular complexity index is 165. The van der Waals surface area contributed by atoms with E-state index in [9.17, 15) is 0 Å². The number of rotatable bonds is 5. The zero-order valence-electron chi connectivity index (χ0n) is 8.91. The molecule has 3 N–H and O–H groups in total. The van der Waals surface area contributed by atoms with E-state index < -0.39 is 0 Å². The van der Waals surface area contributed by atoms with E-state index in [2.05, 4.69) is 10.2 Å². The first-order valence-corrected chi connectivity index (χ1v) is 5.21. The van der Waals surface area contributed by atoms with E-state index >= 15 is 0 Å². The molecule has 0 spiro atoms. The van der Waals surface area contributed by atoms with Crippen LogP contribution in [-0.2, 0) is 4.74 Å². The monoisotopic (exact) mass is 199 g/mol. The number of methoxy groups -OCH3 is 1. The number of nitrogens with zero attached hydrogens (tertiary/aromatic N) is 1. The molecule has 4 nitrogen and oxygen atoms in total. The fourth-order valence-electron chi connectivity index (χ4n) is 1.74. The largest absolute Gasteiger partial charge is 0.403 e. The molecule has 0 amide bonds. The van der Waals surface area contributed by atoms with Crippen LogP contribution in [0.1, 0.15) is 12.8 Å². The molecular formula is C10H21N3O. The first-order chi connectivity index (χ1) is 6.86. The second-order valence-corrected chi connectivity index (χ2v) is 3.63. The SMILES string of the molecule is COCCN1CCC(N/C=C\N)CC1. The molecular weight excluding hydrogens is 178 g/mol. The molecule has 1 aliphatic heterocycles. The summed E-state index contributed by atoms with van der Waals surface area (Å²) in [5.74, 6) is 0. The predicted molar refractivity (Wildman–Crippen MR) is 57.8 cm³/mol. The Morgan fingerprint density at radius 3 is 2.79 bits per heavy atom. The minimum absolute atomic E-state index is 0.591. The quantitative estimate of drug-likeness (QED) is 0.660. The predicted octanol–water partition coefficient (Wildman–Crippen LogP) is 0.117. The van der Waals surface area contributed by atoms with Crippen LogP contribution < -0.4 is 11.1 Å². The summed E-state index contributed by atoms with van der Waals surface area (Å²) in [6, 6.07) is 0.591. The van der Waals surface area contributed by atoms with Crippen LogP contribution in [0.2, 0.25) is 0 Å². The highest BCUT2D eigenvalue weighted by Gasteiger charge is 2.17. The molecule has 0 radical (unpaired) electrons. The molecule has 1 rings (SSSR count). The number of hydrogen-bond donors (Lipinski definition) is 2. The molecule has 14 heavy (non-hydrogen) atoms. The lowest BCUT2D eigenvalue weighted by Crippen LogP contribution is -2.42. The van der Waals surface area contributed by atoms with Gasteiger partial charge in [-0.25, -0.2) is 0 Å². The van der Waals surface area contributed by atoms with Gasteiger partial charge >= 0.3 is 0 Å². The van der Waals surface area contributed by atoms with Gasteiger partial charge in [-0.3, -0.25) is 0 Å². The summed E-state index contributed by atoms with van der Waals surface area (Å²) in [5.41, 5.74) is 5.27. The minimum Gasteiger partial charge on any atom is -0.403 e. The third-order valence-electron chi connectivity index (χ3n) is 2.63. The first-order valence-electron chi connectivity index (χ1n) is 5.21. The molecule has 0 aromatic carbocycles. The zero-order valence-corrected chi connectivity index (χ0v) is 8.91. The Labute approximate surface area is 86.1 Å². The Morgan fingerprint density at radius 2 is 2.21 bits per heavy atom. The minimum atomic E-state index is 0.591. The van der Waals surface area contributed by atoms with Crippen LogP contribution in [0.5, 0.6) is 0 Å². The number of piperidine rings is 1. The summed E-state index contributed by atoms with van der Waals surface area (Å²) in [7, 11) is 1.75. The lowest BCUT2D eigenvalue weighted by Gasteiger charge is -2.31. The van der Waals surface area contributed by atoms with Gasteiger partial charge in [0.05, 0.1) is 6.61 Å². The van der Waals surface area contributed by atoms with Crippen molar-refractivity contribution >= 4 is 0 Å². The normalized spacial score (nSPS) is 20.4. The number of ether oxygens (including phenoxy) is 1. The number of likely N-dealkylation sites (tertiary alicyclic amines) is 1. The molecule has 1 aliphatic rings. The van der Waals surface area contributed by atoms with E-state index in [1.807, 2.05) is 6.20 Å². The van der Waals surface area contributed by atoms with Crippen LogP contribution >= 0.6 is 0 Å². The molecule has 82 valence electrons. The average Bonchev–Trinajstić information content (AvgIpc) is 2.25. The van der Waals surface area contributed by atoms with E-state index in [-0.39, 0.29) is 0 Å². The highest BCUT2D eigenvalue weighted by molar-refractivity contribution is 4.83. The molecule has 1 fully saturated rings. The highest BCUT2D eigenvalue weighted by atomic mass is 16.5. The van der Waals surface area contributed by atoms with Crippen molar-refractivity contribution in [1.29, 1.82) is 0 Å². The summed E-state index contributed by atoms with van der Waals surface area (Å²) in [6.45, 7) is 4.19. The fraction of sp³-hybridized carbons (Fsp3) is 0.800. The summed E-state index contributed by atoms with van der Waals surface area (Å²) in [4.78, 5) is 2.44. The van der Waals surface area contributed by atoms with Crippen LogP contribution in [0.3, 0.4) is 0 Å². The molecule has 4 heteroatoms.